The van der Waals surface area contributed by atoms with Crippen LogP contribution in [-0.4, -0.2) is 19.0 Å². The molecule has 0 fully saturated rings. The predicted molar refractivity (Wildman–Crippen MR) is 30.9 cm³/mol. The summed E-state index contributed by atoms with van der Waals surface area (Å²) in [5.74, 6) is 0. The van der Waals surface area contributed by atoms with Crippen molar-refractivity contribution >= 4 is 10.3 Å². The van der Waals surface area contributed by atoms with E-state index in [2.05, 4.69) is 0 Å². The summed E-state index contributed by atoms with van der Waals surface area (Å²) in [4.78, 5) is 0. The molecule has 0 aromatic heterocycles. The smallest absolute Gasteiger partial charge is 1.00 e. The normalized spacial score (nSPS) is 11.1. The van der Waals surface area contributed by atoms with E-state index >= 15 is 0 Å². The number of hydrogen-bond donors (Lipinski definition) is 2. The van der Waals surface area contributed by atoms with Crippen molar-refractivity contribution < 1.29 is 44.0 Å². The van der Waals surface area contributed by atoms with Crippen LogP contribution < -0.4 is 34.3 Å². The molecule has 0 aliphatic heterocycles. The molecule has 0 aromatic rings. The molecule has 0 aromatic carbocycles. The van der Waals surface area contributed by atoms with Crippen molar-refractivity contribution in [1.82, 2.24) is 4.72 Å². The van der Waals surface area contributed by atoms with Crippen molar-refractivity contribution in [3.05, 3.63) is 0 Å². The quantitative estimate of drug-likeness (QED) is 0.335. The molecule has 4 nitrogen and oxygen atoms in total. The minimum Gasteiger partial charge on any atom is -1.00 e. The summed E-state index contributed by atoms with van der Waals surface area (Å²) < 4.78 is 29.7. The van der Waals surface area contributed by atoms with E-state index in [1.165, 1.54) is 0 Å². The maximum absolute atomic E-state index is 9.89. The van der Waals surface area contributed by atoms with E-state index in [1.807, 2.05) is 4.72 Å². The summed E-state index contributed by atoms with van der Waals surface area (Å²) >= 11 is 0. The van der Waals surface area contributed by atoms with Gasteiger partial charge in [-0.05, 0) is 13.8 Å². The second-order valence-electron chi connectivity index (χ2n) is 1.75. The van der Waals surface area contributed by atoms with Crippen molar-refractivity contribution in [1.29, 1.82) is 0 Å². The molecule has 0 saturated carbocycles. The van der Waals surface area contributed by atoms with Gasteiger partial charge in [-0.15, -0.1) is 0 Å². The third kappa shape index (κ3) is 12.1. The Balaban J connectivity index is -0.000000245. The molecule has 0 spiro atoms. The predicted octanol–water partition coefficient (Wildman–Crippen LogP) is -3.10. The average molecular weight is 163 g/mol. The fraction of sp³-hybridized carbons (Fsp3) is 1.00. The van der Waals surface area contributed by atoms with E-state index < -0.39 is 10.3 Å². The van der Waals surface area contributed by atoms with Gasteiger partial charge >= 0.3 is 39.9 Å². The largest absolute Gasteiger partial charge is 1.00 e. The van der Waals surface area contributed by atoms with Gasteiger partial charge in [-0.2, -0.15) is 13.1 Å². The van der Waals surface area contributed by atoms with Gasteiger partial charge in [-0.1, -0.05) is 0 Å². The summed E-state index contributed by atoms with van der Waals surface area (Å²) in [5.41, 5.74) is 0. The van der Waals surface area contributed by atoms with Crippen LogP contribution >= 0.6 is 0 Å². The molecular formula is C3H10NNaO3S. The van der Waals surface area contributed by atoms with E-state index in [9.17, 15) is 8.42 Å². The zero-order valence-corrected chi connectivity index (χ0v) is 8.57. The van der Waals surface area contributed by atoms with Crippen LogP contribution in [0.1, 0.15) is 15.3 Å². The maximum Gasteiger partial charge on any atom is 1.00 e. The number of nitrogens with one attached hydrogen (secondary N) is 1. The topological polar surface area (TPSA) is 66.4 Å². The minimum absolute atomic E-state index is 0. The number of rotatable bonds is 2. The molecule has 0 atom stereocenters. The fourth-order valence-electron chi connectivity index (χ4n) is 0.298. The fourth-order valence-corrected chi connectivity index (χ4v) is 0.894. The Morgan fingerprint density at radius 2 is 1.89 bits per heavy atom. The van der Waals surface area contributed by atoms with Gasteiger partial charge in [-0.3, -0.25) is 4.55 Å². The Kier molecular flexibility index (Phi) is 6.48. The van der Waals surface area contributed by atoms with Crippen LogP contribution in [0, 0.1) is 0 Å². The van der Waals surface area contributed by atoms with E-state index in [1.54, 1.807) is 13.8 Å². The first-order valence-corrected chi connectivity index (χ1v) is 3.60. The standard InChI is InChI=1S/C3H9NO3S.Na.H/c1-3(2)4-8(5,6)7;;/h3-4H,1-2H3,(H,5,6,7);;/q;+1;-1. The SMILES string of the molecule is CC(C)NS(=O)(=O)O.[H-].[Na+]. The average Bonchev–Trinajstić information content (AvgIpc) is 1.21. The van der Waals surface area contributed by atoms with Gasteiger partial charge in [0.2, 0.25) is 0 Å². The second kappa shape index (κ2) is 4.65. The summed E-state index contributed by atoms with van der Waals surface area (Å²) in [6, 6.07) is -0.245. The van der Waals surface area contributed by atoms with Crippen LogP contribution in [-0.2, 0) is 10.3 Å². The third-order valence-corrected chi connectivity index (χ3v) is 1.15. The van der Waals surface area contributed by atoms with Gasteiger partial charge in [0, 0.05) is 6.04 Å². The Bertz CT molecular complexity index is 157. The van der Waals surface area contributed by atoms with E-state index in [0.717, 1.165) is 0 Å². The van der Waals surface area contributed by atoms with Gasteiger partial charge < -0.3 is 1.43 Å². The van der Waals surface area contributed by atoms with Gasteiger partial charge in [0.25, 0.3) is 0 Å². The number of hydrogen-bond acceptors (Lipinski definition) is 2. The van der Waals surface area contributed by atoms with Crippen LogP contribution in [0.15, 0.2) is 0 Å². The molecule has 0 bridgehead atoms. The van der Waals surface area contributed by atoms with Crippen LogP contribution in [0.3, 0.4) is 0 Å². The minimum atomic E-state index is -3.97. The molecule has 0 aliphatic rings. The van der Waals surface area contributed by atoms with Gasteiger partial charge in [-0.25, -0.2) is 0 Å². The Morgan fingerprint density at radius 3 is 1.89 bits per heavy atom. The Hall–Kier alpha value is 0.870. The first-order chi connectivity index (χ1) is 3.42. The summed E-state index contributed by atoms with van der Waals surface area (Å²) in [6.45, 7) is 3.24. The van der Waals surface area contributed by atoms with Crippen LogP contribution in [0.2, 0.25) is 0 Å². The van der Waals surface area contributed by atoms with Crippen molar-refractivity contribution in [2.75, 3.05) is 0 Å². The van der Waals surface area contributed by atoms with Crippen LogP contribution in [0.4, 0.5) is 0 Å². The van der Waals surface area contributed by atoms with Crippen LogP contribution in [0.5, 0.6) is 0 Å². The Morgan fingerprint density at radius 1 is 1.56 bits per heavy atom. The van der Waals surface area contributed by atoms with Gasteiger partial charge in [0.05, 0.1) is 0 Å². The Labute approximate surface area is 78.7 Å². The van der Waals surface area contributed by atoms with Gasteiger partial charge in [0.1, 0.15) is 0 Å². The zero-order valence-electron chi connectivity index (χ0n) is 6.75. The first kappa shape index (κ1) is 12.5. The zero-order chi connectivity index (χ0) is 6.78. The van der Waals surface area contributed by atoms with E-state index in [-0.39, 0.29) is 37.0 Å². The molecule has 0 rings (SSSR count). The summed E-state index contributed by atoms with van der Waals surface area (Å²) in [7, 11) is -3.97. The first-order valence-electron chi connectivity index (χ1n) is 2.16. The molecule has 2 N–H and O–H groups in total. The maximum atomic E-state index is 9.89. The molecule has 0 saturated heterocycles. The van der Waals surface area contributed by atoms with Crippen molar-refractivity contribution in [3.63, 3.8) is 0 Å². The third-order valence-electron chi connectivity index (χ3n) is 0.385. The van der Waals surface area contributed by atoms with Crippen molar-refractivity contribution in [2.45, 2.75) is 19.9 Å². The molecule has 0 unspecified atom stereocenters. The summed E-state index contributed by atoms with van der Waals surface area (Å²) in [5, 5.41) is 0. The molecule has 9 heavy (non-hydrogen) atoms. The van der Waals surface area contributed by atoms with E-state index in [4.69, 9.17) is 4.55 Å². The van der Waals surface area contributed by atoms with Crippen molar-refractivity contribution in [2.24, 2.45) is 0 Å². The molecule has 52 valence electrons. The van der Waals surface area contributed by atoms with Crippen molar-refractivity contribution in [3.8, 4) is 0 Å². The van der Waals surface area contributed by atoms with Gasteiger partial charge in [0.15, 0.2) is 0 Å². The van der Waals surface area contributed by atoms with E-state index in [0.29, 0.717) is 0 Å². The molecule has 0 aliphatic carbocycles. The second-order valence-corrected chi connectivity index (χ2v) is 2.93. The monoisotopic (exact) mass is 163 g/mol. The molecule has 0 amide bonds. The molecule has 0 radical (unpaired) electrons. The molecule has 0 heterocycles. The summed E-state index contributed by atoms with van der Waals surface area (Å²) in [6.07, 6.45) is 0. The molecular weight excluding hydrogens is 153 g/mol. The van der Waals surface area contributed by atoms with Crippen LogP contribution in [0.25, 0.3) is 0 Å². The molecule has 6 heteroatoms.